The van der Waals surface area contributed by atoms with Crippen LogP contribution in [0, 0.1) is 13.8 Å². The first kappa shape index (κ1) is 17.4. The molecule has 7 heteroatoms. The lowest BCUT2D eigenvalue weighted by Crippen LogP contribution is -2.30. The topological polar surface area (TPSA) is 98.5 Å². The van der Waals surface area contributed by atoms with Crippen molar-refractivity contribution < 1.29 is 23.6 Å². The first-order valence-electron chi connectivity index (χ1n) is 7.35. The standard InChI is InChI=1S/C17H18N2O5/c1-9-15(11(3)24-19-9)17(22)23-12(4)16(21)18-14-7-5-6-13(8-14)10(2)20/h5-8,12H,1-4H3,(H,18,21)/t12-/m0/s1. The number of aryl methyl sites for hydroxylation is 2. The zero-order valence-electron chi connectivity index (χ0n) is 13.9. The second kappa shape index (κ2) is 7.08. The number of hydrogen-bond acceptors (Lipinski definition) is 6. The maximum atomic E-state index is 12.2. The van der Waals surface area contributed by atoms with Crippen LogP contribution in [0.4, 0.5) is 5.69 Å². The van der Waals surface area contributed by atoms with Crippen LogP contribution in [0.25, 0.3) is 0 Å². The second-order valence-electron chi connectivity index (χ2n) is 5.37. The molecule has 0 unspecified atom stereocenters. The molecule has 1 N–H and O–H groups in total. The molecule has 7 nitrogen and oxygen atoms in total. The third-order valence-electron chi connectivity index (χ3n) is 3.43. The number of carbonyl (C=O) groups is 3. The Balaban J connectivity index is 2.03. The molecule has 0 spiro atoms. The predicted octanol–water partition coefficient (Wildman–Crippen LogP) is 2.68. The van der Waals surface area contributed by atoms with Gasteiger partial charge in [-0.25, -0.2) is 4.79 Å². The van der Waals surface area contributed by atoms with Crippen molar-refractivity contribution in [3.63, 3.8) is 0 Å². The van der Waals surface area contributed by atoms with Gasteiger partial charge in [0.2, 0.25) is 0 Å². The Labute approximate surface area is 139 Å². The van der Waals surface area contributed by atoms with Crippen molar-refractivity contribution in [1.82, 2.24) is 5.16 Å². The SMILES string of the molecule is CC(=O)c1cccc(NC(=O)[C@H](C)OC(=O)c2c(C)noc2C)c1. The maximum Gasteiger partial charge on any atom is 0.344 e. The molecule has 1 atom stereocenters. The summed E-state index contributed by atoms with van der Waals surface area (Å²) in [4.78, 5) is 35.6. The summed E-state index contributed by atoms with van der Waals surface area (Å²) in [5.74, 6) is -0.953. The molecule has 0 bridgehead atoms. The highest BCUT2D eigenvalue weighted by atomic mass is 16.5. The molecule has 0 aliphatic carbocycles. The van der Waals surface area contributed by atoms with E-state index in [0.29, 0.717) is 22.7 Å². The first-order chi connectivity index (χ1) is 11.3. The summed E-state index contributed by atoms with van der Waals surface area (Å²) < 4.78 is 10.1. The van der Waals surface area contributed by atoms with E-state index in [1.165, 1.54) is 13.8 Å². The third kappa shape index (κ3) is 3.87. The molecular weight excluding hydrogens is 312 g/mol. The van der Waals surface area contributed by atoms with E-state index in [-0.39, 0.29) is 11.3 Å². The van der Waals surface area contributed by atoms with Gasteiger partial charge in [0.05, 0.1) is 5.69 Å². The summed E-state index contributed by atoms with van der Waals surface area (Å²) in [5, 5.41) is 6.28. The predicted molar refractivity (Wildman–Crippen MR) is 85.9 cm³/mol. The molecular formula is C17H18N2O5. The largest absolute Gasteiger partial charge is 0.449 e. The van der Waals surface area contributed by atoms with E-state index in [1.807, 2.05) is 0 Å². The number of ether oxygens (including phenoxy) is 1. The van der Waals surface area contributed by atoms with Gasteiger partial charge in [0.1, 0.15) is 11.3 Å². The van der Waals surface area contributed by atoms with Gasteiger partial charge in [-0.3, -0.25) is 9.59 Å². The number of amides is 1. The van der Waals surface area contributed by atoms with Crippen molar-refractivity contribution in [2.45, 2.75) is 33.8 Å². The van der Waals surface area contributed by atoms with Gasteiger partial charge >= 0.3 is 5.97 Å². The van der Waals surface area contributed by atoms with E-state index >= 15 is 0 Å². The lowest BCUT2D eigenvalue weighted by atomic mass is 10.1. The Morgan fingerprint density at radius 3 is 2.54 bits per heavy atom. The number of rotatable bonds is 5. The number of carbonyl (C=O) groups excluding carboxylic acids is 3. The number of nitrogens with zero attached hydrogens (tertiary/aromatic N) is 1. The molecule has 1 amide bonds. The van der Waals surface area contributed by atoms with E-state index in [0.717, 1.165) is 0 Å². The fraction of sp³-hybridized carbons (Fsp3) is 0.294. The average Bonchev–Trinajstić information content (AvgIpc) is 2.86. The molecule has 2 rings (SSSR count). The Morgan fingerprint density at radius 2 is 1.96 bits per heavy atom. The van der Waals surface area contributed by atoms with Gasteiger partial charge in [-0.15, -0.1) is 0 Å². The molecule has 0 saturated heterocycles. The second-order valence-corrected chi connectivity index (χ2v) is 5.37. The minimum atomic E-state index is -1.02. The summed E-state index contributed by atoms with van der Waals surface area (Å²) in [6.07, 6.45) is -1.02. The fourth-order valence-corrected chi connectivity index (χ4v) is 2.11. The Bertz CT molecular complexity index is 775. The van der Waals surface area contributed by atoms with Gasteiger partial charge in [-0.05, 0) is 39.8 Å². The van der Waals surface area contributed by atoms with Crippen LogP contribution in [0.2, 0.25) is 0 Å². The third-order valence-corrected chi connectivity index (χ3v) is 3.43. The average molecular weight is 330 g/mol. The number of aromatic nitrogens is 1. The van der Waals surface area contributed by atoms with Gasteiger partial charge in [-0.1, -0.05) is 17.3 Å². The van der Waals surface area contributed by atoms with Gasteiger partial charge in [0, 0.05) is 11.3 Å². The summed E-state index contributed by atoms with van der Waals surface area (Å²) in [7, 11) is 0. The van der Waals surface area contributed by atoms with Crippen molar-refractivity contribution in [3.8, 4) is 0 Å². The number of benzene rings is 1. The molecule has 1 aromatic carbocycles. The smallest absolute Gasteiger partial charge is 0.344 e. The lowest BCUT2D eigenvalue weighted by Gasteiger charge is -2.13. The molecule has 0 aliphatic heterocycles. The van der Waals surface area contributed by atoms with Gasteiger partial charge in [0.25, 0.3) is 5.91 Å². The lowest BCUT2D eigenvalue weighted by molar-refractivity contribution is -0.123. The Kier molecular flexibility index (Phi) is 5.13. The van der Waals surface area contributed by atoms with Gasteiger partial charge < -0.3 is 14.6 Å². The minimum Gasteiger partial charge on any atom is -0.449 e. The maximum absolute atomic E-state index is 12.2. The molecule has 0 fully saturated rings. The highest BCUT2D eigenvalue weighted by molar-refractivity contribution is 5.99. The van der Waals surface area contributed by atoms with Crippen LogP contribution < -0.4 is 5.32 Å². The van der Waals surface area contributed by atoms with E-state index < -0.39 is 18.0 Å². The van der Waals surface area contributed by atoms with Crippen LogP contribution in [0.5, 0.6) is 0 Å². The summed E-state index contributed by atoms with van der Waals surface area (Å²) >= 11 is 0. The van der Waals surface area contributed by atoms with Crippen molar-refractivity contribution in [2.75, 3.05) is 5.32 Å². The monoisotopic (exact) mass is 330 g/mol. The number of hydrogen-bond donors (Lipinski definition) is 1. The van der Waals surface area contributed by atoms with Gasteiger partial charge in [0.15, 0.2) is 11.9 Å². The quantitative estimate of drug-likeness (QED) is 0.668. The van der Waals surface area contributed by atoms with E-state index in [1.54, 1.807) is 38.1 Å². The number of esters is 1. The molecule has 1 heterocycles. The van der Waals surface area contributed by atoms with E-state index in [2.05, 4.69) is 10.5 Å². The van der Waals surface area contributed by atoms with Crippen molar-refractivity contribution in [2.24, 2.45) is 0 Å². The molecule has 0 radical (unpaired) electrons. The highest BCUT2D eigenvalue weighted by Crippen LogP contribution is 2.16. The minimum absolute atomic E-state index is 0.107. The summed E-state index contributed by atoms with van der Waals surface area (Å²) in [6.45, 7) is 6.11. The number of nitrogens with one attached hydrogen (secondary N) is 1. The number of ketones is 1. The molecule has 0 saturated carbocycles. The summed E-state index contributed by atoms with van der Waals surface area (Å²) in [6, 6.07) is 6.52. The normalized spacial score (nSPS) is 11.7. The van der Waals surface area contributed by atoms with Gasteiger partial charge in [-0.2, -0.15) is 0 Å². The molecule has 1 aromatic heterocycles. The Hall–Kier alpha value is -2.96. The van der Waals surface area contributed by atoms with Crippen molar-refractivity contribution in [3.05, 3.63) is 46.8 Å². The Morgan fingerprint density at radius 1 is 1.25 bits per heavy atom. The zero-order valence-corrected chi connectivity index (χ0v) is 13.9. The fourth-order valence-electron chi connectivity index (χ4n) is 2.11. The number of Topliss-reactive ketones (excluding diaryl/α,β-unsaturated/α-hetero) is 1. The van der Waals surface area contributed by atoms with E-state index in [4.69, 9.17) is 9.26 Å². The van der Waals surface area contributed by atoms with Crippen LogP contribution in [0.15, 0.2) is 28.8 Å². The van der Waals surface area contributed by atoms with Crippen molar-refractivity contribution >= 4 is 23.3 Å². The first-order valence-corrected chi connectivity index (χ1v) is 7.35. The van der Waals surface area contributed by atoms with Crippen LogP contribution in [0.1, 0.15) is 46.0 Å². The molecule has 126 valence electrons. The van der Waals surface area contributed by atoms with Crippen LogP contribution in [0.3, 0.4) is 0 Å². The van der Waals surface area contributed by atoms with Crippen LogP contribution in [-0.4, -0.2) is 28.9 Å². The molecule has 2 aromatic rings. The molecule has 24 heavy (non-hydrogen) atoms. The van der Waals surface area contributed by atoms with Crippen molar-refractivity contribution in [1.29, 1.82) is 0 Å². The van der Waals surface area contributed by atoms with Crippen LogP contribution in [-0.2, 0) is 9.53 Å². The van der Waals surface area contributed by atoms with Crippen LogP contribution >= 0.6 is 0 Å². The van der Waals surface area contributed by atoms with E-state index in [9.17, 15) is 14.4 Å². The summed E-state index contributed by atoms with van der Waals surface area (Å²) in [5.41, 5.74) is 1.55. The molecule has 0 aliphatic rings. The zero-order chi connectivity index (χ0) is 17.9. The number of anilines is 1. The highest BCUT2D eigenvalue weighted by Gasteiger charge is 2.24.